The Hall–Kier alpha value is -1.07. The molecule has 0 fully saturated rings. The summed E-state index contributed by atoms with van der Waals surface area (Å²) in [6, 6.07) is 5.77. The fourth-order valence-electron chi connectivity index (χ4n) is 1.77. The Bertz CT molecular complexity index is 447. The number of halogens is 1. The van der Waals surface area contributed by atoms with Gasteiger partial charge in [-0.25, -0.2) is 0 Å². The second-order valence-corrected chi connectivity index (χ2v) is 5.84. The number of ether oxygens (including phenoxy) is 1. The molecular weight excluding hydrogens is 308 g/mol. The highest BCUT2D eigenvalue weighted by atomic mass is 79.9. The van der Waals surface area contributed by atoms with Gasteiger partial charge in [-0.3, -0.25) is 4.79 Å². The van der Waals surface area contributed by atoms with Crippen LogP contribution in [0.25, 0.3) is 0 Å². The summed E-state index contributed by atoms with van der Waals surface area (Å²) in [5.41, 5.74) is 6.84. The lowest BCUT2D eigenvalue weighted by Gasteiger charge is -2.20. The van der Waals surface area contributed by atoms with Crippen LogP contribution in [0.4, 0.5) is 0 Å². The molecule has 0 aliphatic carbocycles. The van der Waals surface area contributed by atoms with Crippen LogP contribution in [-0.2, 0) is 11.2 Å². The molecule has 0 heterocycles. The van der Waals surface area contributed by atoms with Crippen LogP contribution in [0.15, 0.2) is 22.7 Å². The average molecular weight is 329 g/mol. The molecular formula is C14H21BrN2O2. The van der Waals surface area contributed by atoms with Crippen LogP contribution in [-0.4, -0.2) is 37.0 Å². The first-order valence-corrected chi connectivity index (χ1v) is 7.02. The Morgan fingerprint density at radius 3 is 2.58 bits per heavy atom. The van der Waals surface area contributed by atoms with Gasteiger partial charge in [0.25, 0.3) is 5.91 Å². The number of nitrogens with zero attached hydrogens (tertiary/aromatic N) is 1. The summed E-state index contributed by atoms with van der Waals surface area (Å²) in [5.74, 6) is 0.651. The van der Waals surface area contributed by atoms with E-state index in [1.807, 2.05) is 25.1 Å². The minimum atomic E-state index is -0.511. The Balaban J connectivity index is 2.91. The maximum Gasteiger partial charge on any atom is 0.262 e. The van der Waals surface area contributed by atoms with E-state index in [0.29, 0.717) is 12.2 Å². The number of likely N-dealkylation sites (N-methyl/N-ethyl adjacent to an activating group) is 1. The summed E-state index contributed by atoms with van der Waals surface area (Å²) >= 11 is 3.43. The average Bonchev–Trinajstić information content (AvgIpc) is 2.30. The second-order valence-electron chi connectivity index (χ2n) is 4.93. The van der Waals surface area contributed by atoms with Crippen LogP contribution in [0.3, 0.4) is 0 Å². The van der Waals surface area contributed by atoms with E-state index in [-0.39, 0.29) is 11.9 Å². The smallest absolute Gasteiger partial charge is 0.262 e. The summed E-state index contributed by atoms with van der Waals surface area (Å²) in [6.45, 7) is 3.69. The predicted molar refractivity (Wildman–Crippen MR) is 80.3 cm³/mol. The highest BCUT2D eigenvalue weighted by Crippen LogP contribution is 2.25. The molecule has 1 aromatic rings. The second kappa shape index (κ2) is 6.91. The summed E-state index contributed by atoms with van der Waals surface area (Å²) < 4.78 is 6.73. The Morgan fingerprint density at radius 2 is 2.05 bits per heavy atom. The quantitative estimate of drug-likeness (QED) is 0.901. The molecule has 4 nitrogen and oxygen atoms in total. The van der Waals surface area contributed by atoms with Gasteiger partial charge in [-0.05, 0) is 44.0 Å². The van der Waals surface area contributed by atoms with Gasteiger partial charge < -0.3 is 15.4 Å². The molecule has 0 aromatic heterocycles. The van der Waals surface area contributed by atoms with E-state index in [2.05, 4.69) is 15.9 Å². The van der Waals surface area contributed by atoms with Gasteiger partial charge in [-0.15, -0.1) is 0 Å². The van der Waals surface area contributed by atoms with Crippen LogP contribution in [0.5, 0.6) is 5.75 Å². The van der Waals surface area contributed by atoms with Crippen molar-refractivity contribution in [2.45, 2.75) is 32.4 Å². The van der Waals surface area contributed by atoms with Crippen molar-refractivity contribution >= 4 is 21.8 Å². The number of hydrogen-bond donors (Lipinski definition) is 1. The van der Waals surface area contributed by atoms with Crippen molar-refractivity contribution in [3.8, 4) is 5.75 Å². The van der Waals surface area contributed by atoms with E-state index < -0.39 is 6.10 Å². The first kappa shape index (κ1) is 16.0. The molecule has 0 aliphatic rings. The number of rotatable bonds is 5. The predicted octanol–water partition coefficient (Wildman–Crippen LogP) is 2.19. The lowest BCUT2D eigenvalue weighted by molar-refractivity contribution is -0.135. The number of hydrogen-bond acceptors (Lipinski definition) is 3. The number of carbonyl (C=O) groups is 1. The van der Waals surface area contributed by atoms with Crippen LogP contribution >= 0.6 is 15.9 Å². The van der Waals surface area contributed by atoms with E-state index >= 15 is 0 Å². The fourth-order valence-corrected chi connectivity index (χ4v) is 2.18. The first-order chi connectivity index (χ1) is 8.81. The molecule has 0 spiro atoms. The molecule has 2 N–H and O–H groups in total. The monoisotopic (exact) mass is 328 g/mol. The lowest BCUT2D eigenvalue weighted by atomic mass is 10.1. The van der Waals surface area contributed by atoms with Gasteiger partial charge in [0.15, 0.2) is 6.10 Å². The minimum absolute atomic E-state index is 0.0384. The van der Waals surface area contributed by atoms with E-state index in [9.17, 15) is 4.79 Å². The Morgan fingerprint density at radius 1 is 1.42 bits per heavy atom. The molecule has 0 radical (unpaired) electrons. The molecule has 1 aromatic carbocycles. The zero-order valence-electron chi connectivity index (χ0n) is 11.8. The van der Waals surface area contributed by atoms with E-state index in [1.165, 1.54) is 4.90 Å². The minimum Gasteiger partial charge on any atom is -0.481 e. The number of nitrogens with two attached hydrogens (primary N) is 1. The van der Waals surface area contributed by atoms with Crippen LogP contribution in [0.1, 0.15) is 19.4 Å². The normalized spacial score (nSPS) is 13.8. The first-order valence-electron chi connectivity index (χ1n) is 6.23. The van der Waals surface area contributed by atoms with Crippen molar-refractivity contribution in [2.75, 3.05) is 14.1 Å². The molecule has 2 unspecified atom stereocenters. The summed E-state index contributed by atoms with van der Waals surface area (Å²) in [5, 5.41) is 0. The molecule has 5 heteroatoms. The zero-order chi connectivity index (χ0) is 14.6. The summed E-state index contributed by atoms with van der Waals surface area (Å²) in [6.07, 6.45) is 0.195. The summed E-state index contributed by atoms with van der Waals surface area (Å²) in [4.78, 5) is 13.3. The van der Waals surface area contributed by atoms with Crippen molar-refractivity contribution in [1.82, 2.24) is 4.90 Å². The zero-order valence-corrected chi connectivity index (χ0v) is 13.4. The topological polar surface area (TPSA) is 55.6 Å². The lowest BCUT2D eigenvalue weighted by Crippen LogP contribution is -2.35. The van der Waals surface area contributed by atoms with Crippen molar-refractivity contribution in [1.29, 1.82) is 0 Å². The molecule has 0 saturated heterocycles. The maximum atomic E-state index is 11.8. The number of carbonyl (C=O) groups excluding carboxylic acids is 1. The van der Waals surface area contributed by atoms with Crippen molar-refractivity contribution in [3.63, 3.8) is 0 Å². The third-order valence-electron chi connectivity index (χ3n) is 2.66. The highest BCUT2D eigenvalue weighted by molar-refractivity contribution is 9.10. The van der Waals surface area contributed by atoms with Gasteiger partial charge in [0.05, 0.1) is 0 Å². The molecule has 2 atom stereocenters. The molecule has 0 bridgehead atoms. The summed E-state index contributed by atoms with van der Waals surface area (Å²) in [7, 11) is 3.43. The molecule has 0 saturated carbocycles. The van der Waals surface area contributed by atoms with Crippen molar-refractivity contribution in [3.05, 3.63) is 28.2 Å². The SMILES string of the molecule is CC(N)Cc1cc(Br)ccc1OC(C)C(=O)N(C)C. The maximum absolute atomic E-state index is 11.8. The molecule has 1 rings (SSSR count). The molecule has 1 amide bonds. The van der Waals surface area contributed by atoms with E-state index in [0.717, 1.165) is 10.0 Å². The standard InChI is InChI=1S/C14H21BrN2O2/c1-9(16)7-11-8-12(15)5-6-13(11)19-10(2)14(18)17(3)4/h5-6,8-10H,7,16H2,1-4H3. The molecule has 0 aliphatic heterocycles. The van der Waals surface area contributed by atoms with E-state index in [4.69, 9.17) is 10.5 Å². The third-order valence-corrected chi connectivity index (χ3v) is 3.15. The molecule has 106 valence electrons. The van der Waals surface area contributed by atoms with Crippen LogP contribution < -0.4 is 10.5 Å². The number of amides is 1. The van der Waals surface area contributed by atoms with Gasteiger partial charge >= 0.3 is 0 Å². The van der Waals surface area contributed by atoms with Crippen molar-refractivity contribution in [2.24, 2.45) is 5.73 Å². The van der Waals surface area contributed by atoms with Gasteiger partial charge in [0, 0.05) is 24.6 Å². The van der Waals surface area contributed by atoms with Gasteiger partial charge in [0.2, 0.25) is 0 Å². The van der Waals surface area contributed by atoms with E-state index in [1.54, 1.807) is 21.0 Å². The van der Waals surface area contributed by atoms with Gasteiger partial charge in [-0.2, -0.15) is 0 Å². The molecule has 19 heavy (non-hydrogen) atoms. The largest absolute Gasteiger partial charge is 0.481 e. The van der Waals surface area contributed by atoms with Crippen LogP contribution in [0.2, 0.25) is 0 Å². The van der Waals surface area contributed by atoms with Crippen LogP contribution in [0, 0.1) is 0 Å². The van der Waals surface area contributed by atoms with Gasteiger partial charge in [0.1, 0.15) is 5.75 Å². The third kappa shape index (κ3) is 4.84. The highest BCUT2D eigenvalue weighted by Gasteiger charge is 2.18. The fraction of sp³-hybridized carbons (Fsp3) is 0.500. The van der Waals surface area contributed by atoms with Crippen molar-refractivity contribution < 1.29 is 9.53 Å². The number of benzene rings is 1. The van der Waals surface area contributed by atoms with Gasteiger partial charge in [-0.1, -0.05) is 15.9 Å². The Kier molecular flexibility index (Phi) is 5.82. The Labute approximate surface area is 123 Å².